The van der Waals surface area contributed by atoms with Gasteiger partial charge in [0.25, 0.3) is 0 Å². The number of hydrogen-bond donors (Lipinski definition) is 0. The van der Waals surface area contributed by atoms with E-state index in [0.717, 1.165) is 31.2 Å². The number of ether oxygens (including phenoxy) is 8. The fraction of sp³-hybridized carbons (Fsp3) is 0.295. The van der Waals surface area contributed by atoms with Crippen molar-refractivity contribution < 1.29 is 61.5 Å². The molecular formula is C61H60O14. The van der Waals surface area contributed by atoms with Gasteiger partial charge >= 0.3 is 29.5 Å². The summed E-state index contributed by atoms with van der Waals surface area (Å²) in [6, 6.07) is 46.5. The van der Waals surface area contributed by atoms with E-state index in [2.05, 4.69) is 6.92 Å². The Morgan fingerprint density at radius 1 is 0.493 bits per heavy atom. The molecule has 2 heterocycles. The second-order valence-corrected chi connectivity index (χ2v) is 18.0. The number of unbranched alkanes of at least 4 members (excludes halogenated alkanes) is 8. The first kappa shape index (κ1) is 53.1. The van der Waals surface area contributed by atoms with Crippen molar-refractivity contribution in [2.45, 2.75) is 102 Å². The van der Waals surface area contributed by atoms with Crippen LogP contribution in [-0.4, -0.2) is 67.8 Å². The lowest BCUT2D eigenvalue weighted by molar-refractivity contribution is -0.275. The molecule has 8 rings (SSSR count). The zero-order valence-electron chi connectivity index (χ0n) is 41.8. The quantitative estimate of drug-likeness (QED) is 0.0229. The zero-order chi connectivity index (χ0) is 52.2. The van der Waals surface area contributed by atoms with Crippen LogP contribution in [0.5, 0.6) is 17.2 Å². The number of carbonyl (C=O) groups excluding carboxylic acids is 4. The van der Waals surface area contributed by atoms with Crippen molar-refractivity contribution in [1.29, 1.82) is 0 Å². The predicted octanol–water partition coefficient (Wildman–Crippen LogP) is 11.9. The maximum Gasteiger partial charge on any atom is 0.383 e. The summed E-state index contributed by atoms with van der Waals surface area (Å²) < 4.78 is 55.9. The van der Waals surface area contributed by atoms with Gasteiger partial charge in [0.15, 0.2) is 18.0 Å². The number of carbonyl (C=O) groups is 4. The third-order valence-corrected chi connectivity index (χ3v) is 12.5. The Morgan fingerprint density at radius 2 is 0.973 bits per heavy atom. The maximum atomic E-state index is 14.2. The first-order valence-corrected chi connectivity index (χ1v) is 25.5. The highest BCUT2D eigenvalue weighted by molar-refractivity contribution is 5.92. The van der Waals surface area contributed by atoms with E-state index in [-0.39, 0.29) is 58.3 Å². The molecule has 0 saturated carbocycles. The fourth-order valence-electron chi connectivity index (χ4n) is 8.55. The molecule has 0 amide bonds. The monoisotopic (exact) mass is 1020 g/mol. The van der Waals surface area contributed by atoms with Crippen LogP contribution >= 0.6 is 0 Å². The summed E-state index contributed by atoms with van der Waals surface area (Å²) in [5, 5.41) is 0.393. The van der Waals surface area contributed by atoms with Crippen molar-refractivity contribution >= 4 is 34.8 Å². The summed E-state index contributed by atoms with van der Waals surface area (Å²) in [5.41, 5.74) is 0.756. The molecule has 7 aromatic rings. The minimum absolute atomic E-state index is 0.0432. The van der Waals surface area contributed by atoms with Gasteiger partial charge < -0.3 is 42.3 Å². The summed E-state index contributed by atoms with van der Waals surface area (Å²) >= 11 is 0. The predicted molar refractivity (Wildman–Crippen MR) is 279 cm³/mol. The molecule has 1 aliphatic heterocycles. The van der Waals surface area contributed by atoms with Crippen LogP contribution in [0.4, 0.5) is 0 Å². The van der Waals surface area contributed by atoms with Crippen LogP contribution in [-0.2, 0) is 30.3 Å². The van der Waals surface area contributed by atoms with Crippen molar-refractivity contribution in [1.82, 2.24) is 0 Å². The minimum Gasteiger partial charge on any atom is -0.484 e. The highest BCUT2D eigenvalue weighted by Crippen LogP contribution is 2.38. The van der Waals surface area contributed by atoms with E-state index in [4.69, 9.17) is 42.3 Å². The first-order chi connectivity index (χ1) is 36.7. The molecule has 5 atom stereocenters. The highest BCUT2D eigenvalue weighted by atomic mass is 16.7. The lowest BCUT2D eigenvalue weighted by atomic mass is 9.97. The van der Waals surface area contributed by atoms with Gasteiger partial charge in [-0.2, -0.15) is 0 Å². The van der Waals surface area contributed by atoms with Crippen molar-refractivity contribution in [2.75, 3.05) is 13.2 Å². The van der Waals surface area contributed by atoms with Crippen LogP contribution in [0.15, 0.2) is 179 Å². The van der Waals surface area contributed by atoms with Crippen LogP contribution in [0.25, 0.3) is 11.0 Å². The van der Waals surface area contributed by atoms with Gasteiger partial charge in [0.05, 0.1) is 34.2 Å². The zero-order valence-corrected chi connectivity index (χ0v) is 41.8. The molecule has 0 unspecified atom stereocenters. The Kier molecular flexibility index (Phi) is 19.2. The fourth-order valence-corrected chi connectivity index (χ4v) is 8.55. The van der Waals surface area contributed by atoms with E-state index < -0.39 is 66.8 Å². The number of hydrogen-bond acceptors (Lipinski definition) is 14. The molecule has 1 aromatic heterocycles. The molecule has 0 bridgehead atoms. The molecule has 0 aliphatic carbocycles. The molecule has 14 nitrogen and oxygen atoms in total. The van der Waals surface area contributed by atoms with Gasteiger partial charge in [-0.15, -0.1) is 0 Å². The Hall–Kier alpha value is -8.23. The lowest BCUT2D eigenvalue weighted by Gasteiger charge is -2.44. The largest absolute Gasteiger partial charge is 0.484 e. The van der Waals surface area contributed by atoms with Gasteiger partial charge in [-0.1, -0.05) is 161 Å². The second-order valence-electron chi connectivity index (χ2n) is 18.0. The molecule has 6 aromatic carbocycles. The average molecular weight is 1020 g/mol. The summed E-state index contributed by atoms with van der Waals surface area (Å²) in [6.45, 7) is 2.04. The molecule has 1 fully saturated rings. The van der Waals surface area contributed by atoms with Crippen molar-refractivity contribution in [3.63, 3.8) is 0 Å². The molecule has 0 spiro atoms. The van der Waals surface area contributed by atoms with Crippen LogP contribution in [0, 0.1) is 0 Å². The number of esters is 4. The molecule has 1 aliphatic rings. The topological polar surface area (TPSA) is 172 Å². The van der Waals surface area contributed by atoms with E-state index >= 15 is 0 Å². The molecule has 0 radical (unpaired) electrons. The molecule has 388 valence electrons. The van der Waals surface area contributed by atoms with E-state index in [1.54, 1.807) is 97.1 Å². The standard InChI is InChI=1S/C61H60O14/c1-2-3-4-5-6-7-8-9-25-38-67-54-51(68-40-42-26-15-10-16-27-42)48-37-36-47(39-49(48)71-60(54)66)70-61-55(75-59(65)46-34-23-14-24-35-46)53(74-58(64)45-32-21-13-22-33-45)52(73-57(63)44-30-19-12-20-31-44)50(72-61)41-69-56(62)43-28-17-11-18-29-43/h10-24,26-37,39,50,52-53,55,61H,2-9,25,38,40-41H2,1H3/t50-,52-,53+,55-,61-/m1/s1. The van der Waals surface area contributed by atoms with Gasteiger partial charge in [-0.3, -0.25) is 0 Å². The third-order valence-electron chi connectivity index (χ3n) is 12.5. The van der Waals surface area contributed by atoms with E-state index in [0.29, 0.717) is 5.39 Å². The summed E-state index contributed by atoms with van der Waals surface area (Å²) in [5.74, 6) is -3.15. The minimum atomic E-state index is -1.68. The Balaban J connectivity index is 1.14. The van der Waals surface area contributed by atoms with Crippen LogP contribution in [0.2, 0.25) is 0 Å². The van der Waals surface area contributed by atoms with E-state index in [1.165, 1.54) is 74.6 Å². The van der Waals surface area contributed by atoms with Gasteiger partial charge in [0.2, 0.25) is 18.1 Å². The SMILES string of the molecule is CCCCCCCCCCCOc1c(OCc2ccccc2)c2ccc(O[C@@H]3O[C@H](COC(=O)c4ccccc4)[C@@H](OC(=O)c4ccccc4)[C@H](OC(=O)c4ccccc4)[C@H]3OC(=O)c3ccccc3)cc2oc1=O. The van der Waals surface area contributed by atoms with Crippen molar-refractivity contribution in [2.24, 2.45) is 0 Å². The Labute approximate surface area is 435 Å². The summed E-state index contributed by atoms with van der Waals surface area (Å²) in [4.78, 5) is 69.6. The third kappa shape index (κ3) is 14.7. The highest BCUT2D eigenvalue weighted by Gasteiger charge is 2.54. The number of rotatable bonds is 25. The average Bonchev–Trinajstić information content (AvgIpc) is 3.45. The molecular weight excluding hydrogens is 957 g/mol. The van der Waals surface area contributed by atoms with Crippen LogP contribution in [0.1, 0.15) is 112 Å². The molecule has 14 heteroatoms. The number of fused-ring (bicyclic) bond motifs is 1. The van der Waals surface area contributed by atoms with Crippen LogP contribution in [0.3, 0.4) is 0 Å². The van der Waals surface area contributed by atoms with Gasteiger partial charge in [0, 0.05) is 6.07 Å². The first-order valence-electron chi connectivity index (χ1n) is 25.5. The van der Waals surface area contributed by atoms with Gasteiger partial charge in [-0.05, 0) is 72.6 Å². The summed E-state index contributed by atoms with van der Waals surface area (Å²) in [6.07, 6.45) is 2.01. The van der Waals surface area contributed by atoms with E-state index in [1.807, 2.05) is 30.3 Å². The van der Waals surface area contributed by atoms with Crippen molar-refractivity contribution in [3.8, 4) is 17.2 Å². The van der Waals surface area contributed by atoms with Crippen LogP contribution < -0.4 is 19.8 Å². The normalized spacial score (nSPS) is 17.1. The Bertz CT molecular complexity index is 2980. The molecule has 75 heavy (non-hydrogen) atoms. The Morgan fingerprint density at radius 3 is 1.52 bits per heavy atom. The molecule has 1 saturated heterocycles. The maximum absolute atomic E-state index is 14.2. The smallest absolute Gasteiger partial charge is 0.383 e. The van der Waals surface area contributed by atoms with Gasteiger partial charge in [-0.25, -0.2) is 24.0 Å². The second kappa shape index (κ2) is 27.2. The summed E-state index contributed by atoms with van der Waals surface area (Å²) in [7, 11) is 0. The molecule has 0 N–H and O–H groups in total. The van der Waals surface area contributed by atoms with Crippen molar-refractivity contribution in [3.05, 3.63) is 208 Å². The van der Waals surface area contributed by atoms with Gasteiger partial charge in [0.1, 0.15) is 30.7 Å². The van der Waals surface area contributed by atoms with E-state index in [9.17, 15) is 24.0 Å². The number of benzene rings is 6. The lowest BCUT2D eigenvalue weighted by Crippen LogP contribution is -2.63.